The zero-order chi connectivity index (χ0) is 23.2. The van der Waals surface area contributed by atoms with Crippen LogP contribution in [-0.2, 0) is 11.0 Å². The molecule has 3 heterocycles. The highest BCUT2D eigenvalue weighted by molar-refractivity contribution is 7.13. The molecule has 0 saturated carbocycles. The highest BCUT2D eigenvalue weighted by Gasteiger charge is 2.33. The molecule has 2 aromatic carbocycles. The van der Waals surface area contributed by atoms with Crippen LogP contribution in [0.1, 0.15) is 16.2 Å². The van der Waals surface area contributed by atoms with Gasteiger partial charge in [-0.2, -0.15) is 13.2 Å². The summed E-state index contributed by atoms with van der Waals surface area (Å²) in [6.45, 7) is -0.234. The number of aromatic nitrogens is 3. The number of hydrogen-bond donors (Lipinski definition) is 1. The van der Waals surface area contributed by atoms with Crippen LogP contribution in [0, 0.1) is 0 Å². The third kappa shape index (κ3) is 3.87. The van der Waals surface area contributed by atoms with E-state index >= 15 is 0 Å². The molecule has 0 spiro atoms. The van der Waals surface area contributed by atoms with E-state index < -0.39 is 17.6 Å². The van der Waals surface area contributed by atoms with E-state index in [0.29, 0.717) is 16.3 Å². The summed E-state index contributed by atoms with van der Waals surface area (Å²) in [5.74, 6) is -1.03. The molecule has 33 heavy (non-hydrogen) atoms. The van der Waals surface area contributed by atoms with Crippen LogP contribution >= 0.6 is 11.3 Å². The summed E-state index contributed by atoms with van der Waals surface area (Å²) in [6.07, 6.45) is -4.54. The Morgan fingerprint density at radius 3 is 2.64 bits per heavy atom. The second-order valence-corrected chi connectivity index (χ2v) is 8.10. The third-order valence-electron chi connectivity index (χ3n) is 4.97. The van der Waals surface area contributed by atoms with Crippen molar-refractivity contribution in [2.75, 3.05) is 16.8 Å². The Morgan fingerprint density at radius 1 is 1.06 bits per heavy atom. The Bertz CT molecular complexity index is 1360. The number of fused-ring (bicyclic) bond motifs is 1. The van der Waals surface area contributed by atoms with Gasteiger partial charge in [0.05, 0.1) is 27.5 Å². The standard InChI is InChI=1S/C22H14F3N5O2S/c23-22(24,25)13-5-3-6-14(11-13)30-20(17-9-4-10-33-17)27-19(28-30)21(32)29-12-18(31)26-15-7-1-2-8-16(15)29/h1-11H,12H2,(H,26,31). The molecule has 0 radical (unpaired) electrons. The third-order valence-corrected chi connectivity index (χ3v) is 5.84. The van der Waals surface area contributed by atoms with E-state index in [1.807, 2.05) is 0 Å². The van der Waals surface area contributed by atoms with E-state index in [9.17, 15) is 22.8 Å². The second kappa shape index (κ2) is 7.85. The fraction of sp³-hybridized carbons (Fsp3) is 0.0909. The number of hydrogen-bond acceptors (Lipinski definition) is 5. The average Bonchev–Trinajstić information content (AvgIpc) is 3.47. The first-order valence-electron chi connectivity index (χ1n) is 9.70. The lowest BCUT2D eigenvalue weighted by Gasteiger charge is -2.28. The molecule has 1 aliphatic rings. The molecule has 0 aliphatic carbocycles. The molecule has 1 aliphatic heterocycles. The van der Waals surface area contributed by atoms with Crippen LogP contribution in [0.2, 0.25) is 0 Å². The fourth-order valence-electron chi connectivity index (χ4n) is 3.50. The van der Waals surface area contributed by atoms with Gasteiger partial charge in [0.15, 0.2) is 5.82 Å². The van der Waals surface area contributed by atoms with Gasteiger partial charge in [-0.1, -0.05) is 24.3 Å². The summed E-state index contributed by atoms with van der Waals surface area (Å²) < 4.78 is 41.0. The van der Waals surface area contributed by atoms with Gasteiger partial charge in [0.25, 0.3) is 5.91 Å². The number of rotatable bonds is 3. The van der Waals surface area contributed by atoms with Crippen molar-refractivity contribution in [1.29, 1.82) is 0 Å². The van der Waals surface area contributed by atoms with Crippen molar-refractivity contribution in [1.82, 2.24) is 14.8 Å². The van der Waals surface area contributed by atoms with Crippen LogP contribution in [0.5, 0.6) is 0 Å². The Hall–Kier alpha value is -3.99. The predicted molar refractivity (Wildman–Crippen MR) is 116 cm³/mol. The maximum Gasteiger partial charge on any atom is 0.416 e. The van der Waals surface area contributed by atoms with E-state index in [0.717, 1.165) is 12.1 Å². The van der Waals surface area contributed by atoms with Gasteiger partial charge in [-0.25, -0.2) is 9.67 Å². The topological polar surface area (TPSA) is 80.1 Å². The molecule has 7 nitrogen and oxygen atoms in total. The minimum Gasteiger partial charge on any atom is -0.323 e. The zero-order valence-electron chi connectivity index (χ0n) is 16.7. The highest BCUT2D eigenvalue weighted by atomic mass is 32.1. The summed E-state index contributed by atoms with van der Waals surface area (Å²) in [5.41, 5.74) is 0.215. The monoisotopic (exact) mass is 469 g/mol. The number of nitrogens with one attached hydrogen (secondary N) is 1. The molecule has 166 valence electrons. The van der Waals surface area contributed by atoms with Crippen molar-refractivity contribution in [2.24, 2.45) is 0 Å². The molecule has 0 saturated heterocycles. The Morgan fingerprint density at radius 2 is 1.88 bits per heavy atom. The van der Waals surface area contributed by atoms with Crippen molar-refractivity contribution in [3.63, 3.8) is 0 Å². The number of halogens is 3. The molecule has 0 bridgehead atoms. The molecule has 4 aromatic rings. The molecule has 0 unspecified atom stereocenters. The van der Waals surface area contributed by atoms with Gasteiger partial charge in [0, 0.05) is 0 Å². The van der Waals surface area contributed by atoms with Gasteiger partial charge in [-0.15, -0.1) is 16.4 Å². The number of nitrogens with zero attached hydrogens (tertiary/aromatic N) is 4. The van der Waals surface area contributed by atoms with E-state index in [4.69, 9.17) is 0 Å². The lowest BCUT2D eigenvalue weighted by molar-refractivity contribution is -0.137. The van der Waals surface area contributed by atoms with Crippen molar-refractivity contribution >= 4 is 34.5 Å². The van der Waals surface area contributed by atoms with Crippen LogP contribution in [0.4, 0.5) is 24.5 Å². The summed E-state index contributed by atoms with van der Waals surface area (Å²) in [6, 6.07) is 14.9. The zero-order valence-corrected chi connectivity index (χ0v) is 17.5. The first-order chi connectivity index (χ1) is 15.8. The summed E-state index contributed by atoms with van der Waals surface area (Å²) in [4.78, 5) is 31.7. The summed E-state index contributed by atoms with van der Waals surface area (Å²) >= 11 is 1.31. The van der Waals surface area contributed by atoms with Crippen molar-refractivity contribution in [2.45, 2.75) is 6.18 Å². The number of amides is 2. The maximum absolute atomic E-state index is 13.3. The lowest BCUT2D eigenvalue weighted by atomic mass is 10.2. The summed E-state index contributed by atoms with van der Waals surface area (Å²) in [5, 5.41) is 8.74. The number of alkyl halides is 3. The van der Waals surface area contributed by atoms with Gasteiger partial charge in [-0.05, 0) is 41.8 Å². The minimum absolute atomic E-state index is 0.108. The van der Waals surface area contributed by atoms with Crippen molar-refractivity contribution in [3.05, 3.63) is 77.4 Å². The lowest BCUT2D eigenvalue weighted by Crippen LogP contribution is -2.42. The average molecular weight is 469 g/mol. The van der Waals surface area contributed by atoms with Crippen LogP contribution in [0.25, 0.3) is 16.4 Å². The van der Waals surface area contributed by atoms with Gasteiger partial charge >= 0.3 is 6.18 Å². The molecular weight excluding hydrogens is 455 g/mol. The predicted octanol–water partition coefficient (Wildman–Crippen LogP) is 4.61. The van der Waals surface area contributed by atoms with Crippen LogP contribution in [0.3, 0.4) is 0 Å². The number of para-hydroxylation sites is 2. The summed E-state index contributed by atoms with van der Waals surface area (Å²) in [7, 11) is 0. The van der Waals surface area contributed by atoms with E-state index in [1.54, 1.807) is 41.8 Å². The van der Waals surface area contributed by atoms with E-state index in [1.165, 1.54) is 33.1 Å². The van der Waals surface area contributed by atoms with Gasteiger partial charge in [0.1, 0.15) is 6.54 Å². The smallest absolute Gasteiger partial charge is 0.323 e. The maximum atomic E-state index is 13.3. The van der Waals surface area contributed by atoms with Gasteiger partial charge in [0.2, 0.25) is 11.7 Å². The molecule has 0 atom stereocenters. The molecule has 0 fully saturated rings. The normalized spacial score (nSPS) is 13.5. The van der Waals surface area contributed by atoms with Gasteiger partial charge in [-0.3, -0.25) is 14.5 Å². The van der Waals surface area contributed by atoms with Crippen molar-refractivity contribution < 1.29 is 22.8 Å². The van der Waals surface area contributed by atoms with Crippen molar-refractivity contribution in [3.8, 4) is 16.4 Å². The quantitative estimate of drug-likeness (QED) is 0.475. The number of carbonyl (C=O) groups excluding carboxylic acids is 2. The SMILES string of the molecule is O=C1CN(C(=O)c2nc(-c3cccs3)n(-c3cccc(C(F)(F)F)c3)n2)c2ccccc2N1. The van der Waals surface area contributed by atoms with Crippen LogP contribution < -0.4 is 10.2 Å². The molecule has 2 aromatic heterocycles. The second-order valence-electron chi connectivity index (χ2n) is 7.15. The first-order valence-corrected chi connectivity index (χ1v) is 10.6. The largest absolute Gasteiger partial charge is 0.416 e. The van der Waals surface area contributed by atoms with Crippen LogP contribution in [0.15, 0.2) is 66.0 Å². The minimum atomic E-state index is -4.54. The van der Waals surface area contributed by atoms with Crippen LogP contribution in [-0.4, -0.2) is 33.1 Å². The molecule has 2 amide bonds. The molecule has 1 N–H and O–H groups in total. The Balaban J connectivity index is 1.61. The highest BCUT2D eigenvalue weighted by Crippen LogP contribution is 2.33. The molecular formula is C22H14F3N5O2S. The number of anilines is 2. The number of benzene rings is 2. The first kappa shape index (κ1) is 20.9. The van der Waals surface area contributed by atoms with E-state index in [-0.39, 0.29) is 29.8 Å². The number of carbonyl (C=O) groups is 2. The Labute approximate surface area is 189 Å². The fourth-order valence-corrected chi connectivity index (χ4v) is 4.20. The van der Waals surface area contributed by atoms with Gasteiger partial charge < -0.3 is 5.32 Å². The molecule has 5 rings (SSSR count). The molecule has 11 heteroatoms. The number of thiophene rings is 1. The Kier molecular flexibility index (Phi) is 4.97. The van der Waals surface area contributed by atoms with E-state index in [2.05, 4.69) is 15.4 Å².